The number of hydrogen-bond donors (Lipinski definition) is 2. The van der Waals surface area contributed by atoms with Gasteiger partial charge < -0.3 is 14.9 Å². The summed E-state index contributed by atoms with van der Waals surface area (Å²) in [6.45, 7) is -0.194. The molecule has 1 unspecified atom stereocenters. The Bertz CT molecular complexity index is 427. The van der Waals surface area contributed by atoms with E-state index in [-0.39, 0.29) is 12.7 Å². The van der Waals surface area contributed by atoms with Gasteiger partial charge in [-0.3, -0.25) is 0 Å². The molecule has 0 amide bonds. The van der Waals surface area contributed by atoms with Crippen LogP contribution in [0.4, 0.5) is 0 Å². The van der Waals surface area contributed by atoms with Gasteiger partial charge in [0, 0.05) is 20.6 Å². The molecular formula is C11H11Cl2IO3. The van der Waals surface area contributed by atoms with E-state index in [1.807, 2.05) is 6.07 Å². The second kappa shape index (κ2) is 5.59. The van der Waals surface area contributed by atoms with Crippen molar-refractivity contribution in [3.05, 3.63) is 31.3 Å². The smallest absolute Gasteiger partial charge is 0.107 e. The Morgan fingerprint density at radius 2 is 2.06 bits per heavy atom. The minimum Gasteiger partial charge on any atom is -0.394 e. The van der Waals surface area contributed by atoms with Crippen molar-refractivity contribution < 1.29 is 14.9 Å². The number of halogens is 3. The second-order valence-electron chi connectivity index (χ2n) is 3.94. The summed E-state index contributed by atoms with van der Waals surface area (Å²) < 4.78 is 6.44. The van der Waals surface area contributed by atoms with E-state index in [9.17, 15) is 5.11 Å². The highest BCUT2D eigenvalue weighted by Crippen LogP contribution is 2.38. The van der Waals surface area contributed by atoms with Crippen molar-refractivity contribution in [2.45, 2.75) is 24.7 Å². The van der Waals surface area contributed by atoms with Gasteiger partial charge in [0.25, 0.3) is 0 Å². The van der Waals surface area contributed by atoms with E-state index < -0.39 is 12.2 Å². The fourth-order valence-electron chi connectivity index (χ4n) is 1.88. The van der Waals surface area contributed by atoms with Crippen LogP contribution in [0.3, 0.4) is 0 Å². The van der Waals surface area contributed by atoms with Crippen LogP contribution in [0, 0.1) is 3.57 Å². The van der Waals surface area contributed by atoms with E-state index in [1.165, 1.54) is 0 Å². The largest absolute Gasteiger partial charge is 0.394 e. The average Bonchev–Trinajstić information content (AvgIpc) is 2.65. The third-order valence-corrected chi connectivity index (χ3v) is 4.64. The minimum atomic E-state index is -0.658. The highest BCUT2D eigenvalue weighted by Gasteiger charge is 2.35. The van der Waals surface area contributed by atoms with Crippen LogP contribution in [0.5, 0.6) is 0 Å². The van der Waals surface area contributed by atoms with Crippen LogP contribution in [0.25, 0.3) is 0 Å². The van der Waals surface area contributed by atoms with Crippen LogP contribution in [0.15, 0.2) is 12.1 Å². The Labute approximate surface area is 123 Å². The van der Waals surface area contributed by atoms with Crippen molar-refractivity contribution in [2.24, 2.45) is 0 Å². The molecule has 17 heavy (non-hydrogen) atoms. The lowest BCUT2D eigenvalue weighted by molar-refractivity contribution is -0.0225. The van der Waals surface area contributed by atoms with Gasteiger partial charge in [0.1, 0.15) is 6.10 Å². The molecule has 1 heterocycles. The summed E-state index contributed by atoms with van der Waals surface area (Å²) in [5.74, 6) is 0. The number of aliphatic hydroxyl groups is 2. The molecule has 1 aliphatic heterocycles. The zero-order chi connectivity index (χ0) is 12.6. The first kappa shape index (κ1) is 13.8. The predicted octanol–water partition coefficient (Wildman–Crippen LogP) is 2.78. The van der Waals surface area contributed by atoms with Gasteiger partial charge in [0.2, 0.25) is 0 Å². The first-order valence-corrected chi connectivity index (χ1v) is 6.95. The van der Waals surface area contributed by atoms with Crippen molar-refractivity contribution >= 4 is 45.8 Å². The van der Waals surface area contributed by atoms with Crippen molar-refractivity contribution in [1.29, 1.82) is 0 Å². The van der Waals surface area contributed by atoms with E-state index >= 15 is 0 Å². The minimum absolute atomic E-state index is 0.194. The van der Waals surface area contributed by atoms with Gasteiger partial charge in [-0.15, -0.1) is 0 Å². The standard InChI is InChI=1S/C11H11Cl2IO3/c12-6-2-7(13)8(14)1-5(6)10-3-9(16)11(4-15)17-10/h1-2,9-11,15-16H,3-4H2/t9?,10-,11-/m1/s1. The molecule has 0 aliphatic carbocycles. The quantitative estimate of drug-likeness (QED) is 0.605. The Balaban J connectivity index is 2.27. The molecule has 1 aliphatic rings. The van der Waals surface area contributed by atoms with Gasteiger partial charge in [0.05, 0.1) is 23.8 Å². The van der Waals surface area contributed by atoms with Crippen LogP contribution in [0.2, 0.25) is 10.0 Å². The number of aliphatic hydroxyl groups excluding tert-OH is 2. The topological polar surface area (TPSA) is 49.7 Å². The van der Waals surface area contributed by atoms with Crippen LogP contribution in [0.1, 0.15) is 18.1 Å². The van der Waals surface area contributed by atoms with E-state index in [4.69, 9.17) is 33.0 Å². The van der Waals surface area contributed by atoms with E-state index in [2.05, 4.69) is 22.6 Å². The Morgan fingerprint density at radius 1 is 1.35 bits per heavy atom. The van der Waals surface area contributed by atoms with Gasteiger partial charge in [-0.1, -0.05) is 23.2 Å². The third-order valence-electron chi connectivity index (χ3n) is 2.79. The summed E-state index contributed by atoms with van der Waals surface area (Å²) >= 11 is 14.2. The molecule has 3 atom stereocenters. The fraction of sp³-hybridized carbons (Fsp3) is 0.455. The molecule has 0 radical (unpaired) electrons. The maximum atomic E-state index is 9.68. The molecule has 3 nitrogen and oxygen atoms in total. The van der Waals surface area contributed by atoms with Gasteiger partial charge in [-0.25, -0.2) is 0 Å². The second-order valence-corrected chi connectivity index (χ2v) is 5.91. The van der Waals surface area contributed by atoms with Crippen molar-refractivity contribution in [1.82, 2.24) is 0 Å². The number of rotatable bonds is 2. The molecule has 2 rings (SSSR count). The maximum absolute atomic E-state index is 9.68. The van der Waals surface area contributed by atoms with Crippen molar-refractivity contribution in [3.63, 3.8) is 0 Å². The predicted molar refractivity (Wildman–Crippen MR) is 74.5 cm³/mol. The Morgan fingerprint density at radius 3 is 2.65 bits per heavy atom. The van der Waals surface area contributed by atoms with Crippen LogP contribution >= 0.6 is 45.8 Å². The molecule has 0 spiro atoms. The number of hydrogen-bond acceptors (Lipinski definition) is 3. The molecule has 1 aromatic carbocycles. The summed E-state index contributed by atoms with van der Waals surface area (Å²) in [6, 6.07) is 3.52. The van der Waals surface area contributed by atoms with Gasteiger partial charge in [0.15, 0.2) is 0 Å². The van der Waals surface area contributed by atoms with E-state index in [0.717, 1.165) is 9.13 Å². The summed E-state index contributed by atoms with van der Waals surface area (Å²) in [6.07, 6.45) is -1.05. The average molecular weight is 389 g/mol. The van der Waals surface area contributed by atoms with Crippen molar-refractivity contribution in [3.8, 4) is 0 Å². The summed E-state index contributed by atoms with van der Waals surface area (Å²) in [7, 11) is 0. The highest BCUT2D eigenvalue weighted by atomic mass is 127. The Kier molecular flexibility index (Phi) is 4.55. The summed E-state index contributed by atoms with van der Waals surface area (Å²) in [4.78, 5) is 0. The van der Waals surface area contributed by atoms with Gasteiger partial charge in [-0.2, -0.15) is 0 Å². The molecule has 0 bridgehead atoms. The zero-order valence-corrected chi connectivity index (χ0v) is 12.4. The Hall–Kier alpha value is 0.410. The number of benzene rings is 1. The lowest BCUT2D eigenvalue weighted by atomic mass is 10.0. The summed E-state index contributed by atoms with van der Waals surface area (Å²) in [5, 5.41) is 19.8. The lowest BCUT2D eigenvalue weighted by Crippen LogP contribution is -2.24. The fourth-order valence-corrected chi connectivity index (χ4v) is 2.87. The van der Waals surface area contributed by atoms with Crippen LogP contribution < -0.4 is 0 Å². The SMILES string of the molecule is OC[C@H]1O[C@@H](c2cc(I)c(Cl)cc2Cl)CC1O. The molecular weight excluding hydrogens is 378 g/mol. The molecule has 94 valence electrons. The normalized spacial score (nSPS) is 28.6. The molecule has 2 N–H and O–H groups in total. The van der Waals surface area contributed by atoms with Gasteiger partial charge in [-0.05, 0) is 34.7 Å². The lowest BCUT2D eigenvalue weighted by Gasteiger charge is -2.14. The molecule has 6 heteroatoms. The van der Waals surface area contributed by atoms with E-state index in [1.54, 1.807) is 6.07 Å². The van der Waals surface area contributed by atoms with E-state index in [0.29, 0.717) is 16.5 Å². The third kappa shape index (κ3) is 2.88. The first-order chi connectivity index (χ1) is 8.02. The molecule has 1 saturated heterocycles. The molecule has 1 aromatic rings. The monoisotopic (exact) mass is 388 g/mol. The summed E-state index contributed by atoms with van der Waals surface area (Å²) in [5.41, 5.74) is 0.801. The maximum Gasteiger partial charge on any atom is 0.107 e. The highest BCUT2D eigenvalue weighted by molar-refractivity contribution is 14.1. The van der Waals surface area contributed by atoms with Crippen LogP contribution in [-0.2, 0) is 4.74 Å². The molecule has 1 fully saturated rings. The van der Waals surface area contributed by atoms with Crippen LogP contribution in [-0.4, -0.2) is 29.0 Å². The molecule has 0 saturated carbocycles. The van der Waals surface area contributed by atoms with Gasteiger partial charge >= 0.3 is 0 Å². The number of ether oxygens (including phenoxy) is 1. The first-order valence-electron chi connectivity index (χ1n) is 5.11. The van der Waals surface area contributed by atoms with Crippen molar-refractivity contribution in [2.75, 3.05) is 6.61 Å². The molecule has 0 aromatic heterocycles. The zero-order valence-electron chi connectivity index (χ0n) is 8.74.